The third-order valence-electron chi connectivity index (χ3n) is 3.80. The third-order valence-corrected chi connectivity index (χ3v) is 3.80. The summed E-state index contributed by atoms with van der Waals surface area (Å²) in [5, 5.41) is 3.35. The zero-order chi connectivity index (χ0) is 15.1. The molecule has 1 amide bonds. The lowest BCUT2D eigenvalue weighted by molar-refractivity contribution is -0.131. The minimum atomic E-state index is 0. The van der Waals surface area contributed by atoms with Crippen molar-refractivity contribution in [3.05, 3.63) is 29.8 Å². The maximum atomic E-state index is 12.3. The summed E-state index contributed by atoms with van der Waals surface area (Å²) in [6.07, 6.45) is 1.11. The lowest BCUT2D eigenvalue weighted by atomic mass is 10.2. The molecule has 1 heterocycles. The Morgan fingerprint density at radius 2 is 2.00 bits per heavy atom. The normalized spacial score (nSPS) is 15.5. The van der Waals surface area contributed by atoms with Crippen LogP contribution in [0.3, 0.4) is 0 Å². The number of halogens is 1. The van der Waals surface area contributed by atoms with Crippen LogP contribution < -0.4 is 10.1 Å². The summed E-state index contributed by atoms with van der Waals surface area (Å²) in [5.74, 6) is 1.01. The van der Waals surface area contributed by atoms with Crippen LogP contribution in [0.5, 0.6) is 5.75 Å². The van der Waals surface area contributed by atoms with Gasteiger partial charge in [-0.05, 0) is 37.2 Å². The molecule has 5 nitrogen and oxygen atoms in total. The first kappa shape index (κ1) is 18.7. The van der Waals surface area contributed by atoms with E-state index in [4.69, 9.17) is 4.74 Å². The van der Waals surface area contributed by atoms with E-state index < -0.39 is 0 Å². The van der Waals surface area contributed by atoms with Gasteiger partial charge in [-0.3, -0.25) is 9.69 Å². The molecule has 1 saturated heterocycles. The zero-order valence-corrected chi connectivity index (χ0v) is 14.2. The highest BCUT2D eigenvalue weighted by Crippen LogP contribution is 2.12. The van der Waals surface area contributed by atoms with Crippen LogP contribution >= 0.6 is 12.4 Å². The van der Waals surface area contributed by atoms with Gasteiger partial charge in [-0.2, -0.15) is 0 Å². The van der Waals surface area contributed by atoms with Crippen LogP contribution in [0.4, 0.5) is 0 Å². The quantitative estimate of drug-likeness (QED) is 0.887. The van der Waals surface area contributed by atoms with Crippen molar-refractivity contribution in [3.63, 3.8) is 0 Å². The molecule has 124 valence electrons. The van der Waals surface area contributed by atoms with E-state index in [0.29, 0.717) is 13.1 Å². The van der Waals surface area contributed by atoms with E-state index in [1.807, 2.05) is 31.3 Å². The third kappa shape index (κ3) is 5.83. The molecule has 1 aromatic rings. The molecule has 1 N–H and O–H groups in total. The summed E-state index contributed by atoms with van der Waals surface area (Å²) in [4.78, 5) is 16.3. The van der Waals surface area contributed by atoms with Crippen LogP contribution in [0.1, 0.15) is 12.0 Å². The molecular weight excluding hydrogens is 302 g/mol. The fourth-order valence-corrected chi connectivity index (χ4v) is 2.46. The molecular formula is C16H26ClN3O2. The molecule has 1 aliphatic rings. The highest BCUT2D eigenvalue weighted by Gasteiger charge is 2.15. The predicted molar refractivity (Wildman–Crippen MR) is 90.6 cm³/mol. The Kier molecular flexibility index (Phi) is 8.24. The number of amides is 1. The van der Waals surface area contributed by atoms with E-state index in [0.717, 1.165) is 43.9 Å². The second-order valence-electron chi connectivity index (χ2n) is 5.48. The van der Waals surface area contributed by atoms with Crippen LogP contribution in [0.15, 0.2) is 24.3 Å². The van der Waals surface area contributed by atoms with Crippen LogP contribution in [-0.4, -0.2) is 62.6 Å². The molecule has 0 radical (unpaired) electrons. The van der Waals surface area contributed by atoms with Crippen molar-refractivity contribution in [2.45, 2.75) is 13.0 Å². The van der Waals surface area contributed by atoms with Gasteiger partial charge in [-0.15, -0.1) is 12.4 Å². The van der Waals surface area contributed by atoms with Crippen LogP contribution in [-0.2, 0) is 11.3 Å². The lowest BCUT2D eigenvalue weighted by Gasteiger charge is -2.23. The molecule has 6 heteroatoms. The second-order valence-corrected chi connectivity index (χ2v) is 5.48. The van der Waals surface area contributed by atoms with Gasteiger partial charge >= 0.3 is 0 Å². The average Bonchev–Trinajstić information content (AvgIpc) is 2.76. The van der Waals surface area contributed by atoms with E-state index >= 15 is 0 Å². The summed E-state index contributed by atoms with van der Waals surface area (Å²) >= 11 is 0. The van der Waals surface area contributed by atoms with E-state index in [1.165, 1.54) is 0 Å². The Bertz CT molecular complexity index is 445. The van der Waals surface area contributed by atoms with Gasteiger partial charge in [0.15, 0.2) is 0 Å². The van der Waals surface area contributed by atoms with E-state index in [-0.39, 0.29) is 18.3 Å². The fraction of sp³-hybridized carbons (Fsp3) is 0.562. The molecule has 0 aromatic heterocycles. The molecule has 1 aromatic carbocycles. The summed E-state index contributed by atoms with van der Waals surface area (Å²) < 4.78 is 5.14. The molecule has 0 atom stereocenters. The molecule has 0 bridgehead atoms. The maximum Gasteiger partial charge on any atom is 0.236 e. The molecule has 2 rings (SSSR count). The molecule has 0 unspecified atom stereocenters. The Labute approximate surface area is 139 Å². The second kappa shape index (κ2) is 9.66. The SMILES string of the molecule is COc1ccc(CN(C)C(=O)CN2CCCNCC2)cc1.Cl. The van der Waals surface area contributed by atoms with E-state index in [2.05, 4.69) is 10.2 Å². The summed E-state index contributed by atoms with van der Waals surface area (Å²) in [5.41, 5.74) is 1.11. The van der Waals surface area contributed by atoms with Gasteiger partial charge in [-0.1, -0.05) is 12.1 Å². The number of carbonyl (C=O) groups excluding carboxylic acids is 1. The Balaban J connectivity index is 0.00000242. The molecule has 1 fully saturated rings. The first-order valence-corrected chi connectivity index (χ1v) is 7.49. The van der Waals surface area contributed by atoms with Gasteiger partial charge in [0.05, 0.1) is 13.7 Å². The van der Waals surface area contributed by atoms with Crippen molar-refractivity contribution in [2.24, 2.45) is 0 Å². The number of carbonyl (C=O) groups is 1. The molecule has 0 saturated carbocycles. The first-order chi connectivity index (χ1) is 10.2. The van der Waals surface area contributed by atoms with Crippen molar-refractivity contribution in [1.82, 2.24) is 15.1 Å². The highest BCUT2D eigenvalue weighted by atomic mass is 35.5. The Morgan fingerprint density at radius 1 is 1.27 bits per heavy atom. The number of nitrogens with zero attached hydrogens (tertiary/aromatic N) is 2. The summed E-state index contributed by atoms with van der Waals surface area (Å²) in [7, 11) is 3.52. The number of hydrogen-bond acceptors (Lipinski definition) is 4. The maximum absolute atomic E-state index is 12.3. The highest BCUT2D eigenvalue weighted by molar-refractivity contribution is 5.85. The van der Waals surface area contributed by atoms with Crippen LogP contribution in [0, 0.1) is 0 Å². The van der Waals surface area contributed by atoms with Gasteiger partial charge in [0.2, 0.25) is 5.91 Å². The fourth-order valence-electron chi connectivity index (χ4n) is 2.46. The minimum absolute atomic E-state index is 0. The van der Waals surface area contributed by atoms with Gasteiger partial charge in [0.1, 0.15) is 5.75 Å². The van der Waals surface area contributed by atoms with Crippen molar-refractivity contribution in [3.8, 4) is 5.75 Å². The number of likely N-dealkylation sites (N-methyl/N-ethyl adjacent to an activating group) is 1. The minimum Gasteiger partial charge on any atom is -0.497 e. The first-order valence-electron chi connectivity index (χ1n) is 7.49. The van der Waals surface area contributed by atoms with Gasteiger partial charge in [0, 0.05) is 26.7 Å². The monoisotopic (exact) mass is 327 g/mol. The number of nitrogens with one attached hydrogen (secondary N) is 1. The van der Waals surface area contributed by atoms with Crippen molar-refractivity contribution >= 4 is 18.3 Å². The van der Waals surface area contributed by atoms with Crippen molar-refractivity contribution in [2.75, 3.05) is 46.9 Å². The zero-order valence-electron chi connectivity index (χ0n) is 13.4. The van der Waals surface area contributed by atoms with Crippen molar-refractivity contribution in [1.29, 1.82) is 0 Å². The number of ether oxygens (including phenoxy) is 1. The standard InChI is InChI=1S/C16H25N3O2.ClH/c1-18(12-14-4-6-15(21-2)7-5-14)16(20)13-19-10-3-8-17-9-11-19;/h4-7,17H,3,8-13H2,1-2H3;1H. The van der Waals surface area contributed by atoms with Crippen LogP contribution in [0.2, 0.25) is 0 Å². The average molecular weight is 328 g/mol. The summed E-state index contributed by atoms with van der Waals surface area (Å²) in [6, 6.07) is 7.85. The number of rotatable bonds is 5. The largest absolute Gasteiger partial charge is 0.497 e. The molecule has 0 aliphatic carbocycles. The van der Waals surface area contributed by atoms with Crippen LogP contribution in [0.25, 0.3) is 0 Å². The smallest absolute Gasteiger partial charge is 0.236 e. The number of benzene rings is 1. The molecule has 0 spiro atoms. The van der Waals surface area contributed by atoms with Gasteiger partial charge < -0.3 is 15.0 Å². The van der Waals surface area contributed by atoms with Crippen molar-refractivity contribution < 1.29 is 9.53 Å². The predicted octanol–water partition coefficient (Wildman–Crippen LogP) is 1.37. The number of methoxy groups -OCH3 is 1. The van der Waals surface area contributed by atoms with Gasteiger partial charge in [0.25, 0.3) is 0 Å². The number of hydrogen-bond donors (Lipinski definition) is 1. The Hall–Kier alpha value is -1.30. The van der Waals surface area contributed by atoms with E-state index in [9.17, 15) is 4.79 Å². The summed E-state index contributed by atoms with van der Waals surface area (Å²) in [6.45, 7) is 5.10. The Morgan fingerprint density at radius 3 is 2.68 bits per heavy atom. The molecule has 22 heavy (non-hydrogen) atoms. The molecule has 1 aliphatic heterocycles. The topological polar surface area (TPSA) is 44.8 Å². The van der Waals surface area contributed by atoms with E-state index in [1.54, 1.807) is 12.0 Å². The van der Waals surface area contributed by atoms with Gasteiger partial charge in [-0.25, -0.2) is 0 Å². The lowest BCUT2D eigenvalue weighted by Crippen LogP contribution is -2.39.